The summed E-state index contributed by atoms with van der Waals surface area (Å²) in [6, 6.07) is 0. The molecule has 2 unspecified atom stereocenters. The summed E-state index contributed by atoms with van der Waals surface area (Å²) < 4.78 is 32.7. The topological polar surface area (TPSA) is 134 Å². The Morgan fingerprint density at radius 1 is 0.592 bits per heavy atom. The second kappa shape index (κ2) is 36.5. The van der Waals surface area contributed by atoms with E-state index in [0.717, 1.165) is 51.4 Å². The van der Waals surface area contributed by atoms with Gasteiger partial charge in [-0.3, -0.25) is 18.6 Å². The summed E-state index contributed by atoms with van der Waals surface area (Å²) in [5.41, 5.74) is 5.33. The van der Waals surface area contributed by atoms with Gasteiger partial charge in [0.2, 0.25) is 0 Å². The number of hydrogen-bond acceptors (Lipinski definition) is 8. The van der Waals surface area contributed by atoms with Crippen molar-refractivity contribution in [3.05, 3.63) is 12.2 Å². The van der Waals surface area contributed by atoms with Crippen LogP contribution in [0.25, 0.3) is 0 Å². The molecule has 0 spiro atoms. The Bertz CT molecular complexity index is 825. The lowest BCUT2D eigenvalue weighted by Crippen LogP contribution is -2.29. The summed E-state index contributed by atoms with van der Waals surface area (Å²) in [5, 5.41) is 0. The van der Waals surface area contributed by atoms with Gasteiger partial charge >= 0.3 is 19.8 Å². The van der Waals surface area contributed by atoms with Crippen LogP contribution in [0.2, 0.25) is 0 Å². The normalized spacial score (nSPS) is 13.5. The number of hydrogen-bond donors (Lipinski definition) is 2. The second-order valence-electron chi connectivity index (χ2n) is 13.5. The van der Waals surface area contributed by atoms with Gasteiger partial charge in [-0.1, -0.05) is 154 Å². The fourth-order valence-corrected chi connectivity index (χ4v) is 6.39. The molecule has 0 fully saturated rings. The van der Waals surface area contributed by atoms with Crippen LogP contribution in [0.15, 0.2) is 12.2 Å². The van der Waals surface area contributed by atoms with E-state index in [0.29, 0.717) is 6.42 Å². The molecule has 0 aromatic heterocycles. The molecular formula is C39H76NO8P. The lowest BCUT2D eigenvalue weighted by Gasteiger charge is -2.19. The van der Waals surface area contributed by atoms with E-state index < -0.39 is 26.5 Å². The summed E-state index contributed by atoms with van der Waals surface area (Å²) >= 11 is 0. The van der Waals surface area contributed by atoms with E-state index in [-0.39, 0.29) is 38.6 Å². The van der Waals surface area contributed by atoms with Crippen molar-refractivity contribution in [1.82, 2.24) is 0 Å². The van der Waals surface area contributed by atoms with Crippen LogP contribution in [0.3, 0.4) is 0 Å². The molecule has 9 nitrogen and oxygen atoms in total. The number of nitrogens with two attached hydrogens (primary N) is 1. The van der Waals surface area contributed by atoms with Gasteiger partial charge in [-0.15, -0.1) is 0 Å². The zero-order valence-corrected chi connectivity index (χ0v) is 32.6. The smallest absolute Gasteiger partial charge is 0.462 e. The van der Waals surface area contributed by atoms with Crippen LogP contribution in [0.4, 0.5) is 0 Å². The Kier molecular flexibility index (Phi) is 35.6. The predicted molar refractivity (Wildman–Crippen MR) is 201 cm³/mol. The van der Waals surface area contributed by atoms with Crippen molar-refractivity contribution < 1.29 is 37.6 Å². The molecule has 10 heteroatoms. The highest BCUT2D eigenvalue weighted by Crippen LogP contribution is 2.43. The minimum Gasteiger partial charge on any atom is -0.462 e. The Labute approximate surface area is 300 Å². The first-order chi connectivity index (χ1) is 23.8. The van der Waals surface area contributed by atoms with E-state index in [1.807, 2.05) is 0 Å². The molecule has 0 amide bonds. The zero-order valence-electron chi connectivity index (χ0n) is 31.7. The SMILES string of the molecule is CCCCCCC=CCCCCCCCC(=O)OC(COC(=O)CCCCCCCCCCCCCCCCC)COP(=O)(O)OCCN. The number of phosphoric acid groups is 1. The minimum atomic E-state index is -4.37. The molecule has 0 rings (SSSR count). The molecule has 3 N–H and O–H groups in total. The van der Waals surface area contributed by atoms with Crippen LogP contribution >= 0.6 is 7.82 Å². The Morgan fingerprint density at radius 2 is 1.00 bits per heavy atom. The number of phosphoric ester groups is 1. The van der Waals surface area contributed by atoms with Gasteiger partial charge in [0.05, 0.1) is 13.2 Å². The maximum atomic E-state index is 12.5. The summed E-state index contributed by atoms with van der Waals surface area (Å²) in [7, 11) is -4.37. The van der Waals surface area contributed by atoms with Crippen LogP contribution in [0, 0.1) is 0 Å². The summed E-state index contributed by atoms with van der Waals surface area (Å²) in [6.45, 7) is 3.72. The van der Waals surface area contributed by atoms with Crippen LogP contribution in [0.5, 0.6) is 0 Å². The van der Waals surface area contributed by atoms with Crippen molar-refractivity contribution in [1.29, 1.82) is 0 Å². The zero-order chi connectivity index (χ0) is 36.1. The average molecular weight is 718 g/mol. The van der Waals surface area contributed by atoms with Crippen molar-refractivity contribution in [2.24, 2.45) is 5.73 Å². The van der Waals surface area contributed by atoms with Crippen LogP contribution < -0.4 is 5.73 Å². The molecule has 0 saturated carbocycles. The lowest BCUT2D eigenvalue weighted by molar-refractivity contribution is -0.161. The number of unbranched alkanes of at least 4 members (excludes halogenated alkanes) is 23. The minimum absolute atomic E-state index is 0.0546. The molecule has 0 aromatic carbocycles. The Hall–Kier alpha value is -1.25. The van der Waals surface area contributed by atoms with E-state index in [4.69, 9.17) is 24.3 Å². The molecule has 0 aliphatic rings. The van der Waals surface area contributed by atoms with E-state index in [2.05, 4.69) is 26.0 Å². The highest BCUT2D eigenvalue weighted by Gasteiger charge is 2.26. The summed E-state index contributed by atoms with van der Waals surface area (Å²) in [6.07, 6.45) is 35.2. The number of allylic oxidation sites excluding steroid dienone is 2. The van der Waals surface area contributed by atoms with Crippen molar-refractivity contribution in [3.8, 4) is 0 Å². The van der Waals surface area contributed by atoms with E-state index in [1.54, 1.807) is 0 Å². The predicted octanol–water partition coefficient (Wildman–Crippen LogP) is 11.1. The first-order valence-electron chi connectivity index (χ1n) is 20.2. The number of carbonyl (C=O) groups excluding carboxylic acids is 2. The largest absolute Gasteiger partial charge is 0.472 e. The molecule has 0 radical (unpaired) electrons. The number of rotatable bonds is 38. The highest BCUT2D eigenvalue weighted by molar-refractivity contribution is 7.47. The van der Waals surface area contributed by atoms with Crippen molar-refractivity contribution in [3.63, 3.8) is 0 Å². The fraction of sp³-hybridized carbons (Fsp3) is 0.897. The van der Waals surface area contributed by atoms with Crippen molar-refractivity contribution >= 4 is 19.8 Å². The van der Waals surface area contributed by atoms with Crippen LogP contribution in [-0.4, -0.2) is 49.3 Å². The average Bonchev–Trinajstić information content (AvgIpc) is 3.08. The van der Waals surface area contributed by atoms with Gasteiger partial charge in [-0.05, 0) is 38.5 Å². The molecule has 290 valence electrons. The van der Waals surface area contributed by atoms with E-state index >= 15 is 0 Å². The van der Waals surface area contributed by atoms with Gasteiger partial charge in [0.25, 0.3) is 0 Å². The monoisotopic (exact) mass is 718 g/mol. The van der Waals surface area contributed by atoms with Gasteiger partial charge in [0, 0.05) is 19.4 Å². The van der Waals surface area contributed by atoms with Crippen LogP contribution in [0.1, 0.15) is 194 Å². The summed E-state index contributed by atoms with van der Waals surface area (Å²) in [4.78, 5) is 34.7. The van der Waals surface area contributed by atoms with Gasteiger partial charge < -0.3 is 20.1 Å². The molecule has 0 heterocycles. The summed E-state index contributed by atoms with van der Waals surface area (Å²) in [5.74, 6) is -0.831. The first-order valence-corrected chi connectivity index (χ1v) is 21.7. The van der Waals surface area contributed by atoms with Gasteiger partial charge in [-0.25, -0.2) is 4.57 Å². The molecule has 2 atom stereocenters. The van der Waals surface area contributed by atoms with Crippen LogP contribution in [-0.2, 0) is 32.7 Å². The fourth-order valence-electron chi connectivity index (χ4n) is 5.63. The lowest BCUT2D eigenvalue weighted by atomic mass is 10.0. The Morgan fingerprint density at radius 3 is 1.47 bits per heavy atom. The standard InChI is InChI=1S/C39H76NO8P/c1-3-5-7-9-11-13-15-17-18-20-21-23-25-27-29-31-38(41)45-35-37(36-47-49(43,44)46-34-33-40)48-39(42)32-30-28-26-24-22-19-16-14-12-10-8-6-4-2/h14,16,37H,3-13,15,17-36,40H2,1-2H3,(H,43,44). The molecule has 0 aliphatic carbocycles. The molecule has 0 bridgehead atoms. The third-order valence-corrected chi connectivity index (χ3v) is 9.64. The second-order valence-corrected chi connectivity index (χ2v) is 15.0. The van der Waals surface area contributed by atoms with Gasteiger partial charge in [0.1, 0.15) is 6.61 Å². The number of esters is 2. The molecule has 0 aromatic rings. The van der Waals surface area contributed by atoms with E-state index in [1.165, 1.54) is 109 Å². The quantitative estimate of drug-likeness (QED) is 0.0277. The van der Waals surface area contributed by atoms with Gasteiger partial charge in [-0.2, -0.15) is 0 Å². The van der Waals surface area contributed by atoms with Crippen molar-refractivity contribution in [2.45, 2.75) is 200 Å². The molecule has 49 heavy (non-hydrogen) atoms. The number of ether oxygens (including phenoxy) is 2. The van der Waals surface area contributed by atoms with Crippen molar-refractivity contribution in [2.75, 3.05) is 26.4 Å². The molecular weight excluding hydrogens is 641 g/mol. The van der Waals surface area contributed by atoms with E-state index in [9.17, 15) is 19.0 Å². The number of carbonyl (C=O) groups is 2. The van der Waals surface area contributed by atoms with Gasteiger partial charge in [0.15, 0.2) is 6.10 Å². The third kappa shape index (κ3) is 36.3. The third-order valence-electron chi connectivity index (χ3n) is 8.65. The Balaban J connectivity index is 4.17. The maximum absolute atomic E-state index is 12.5. The first kappa shape index (κ1) is 47.8. The highest BCUT2D eigenvalue weighted by atomic mass is 31.2. The molecule has 0 saturated heterocycles. The maximum Gasteiger partial charge on any atom is 0.472 e. The molecule has 0 aliphatic heterocycles.